The standard InChI is InChI=1S/C12H13ClO2/c1-8(2)9-3-5-10(6-4-9)11(13)7-12(14)15/h3-8H,1-2H3,(H,14,15)/b11-7-. The SMILES string of the molecule is CC(C)c1ccc(/C(Cl)=C/C(=O)O)cc1. The van der Waals surface area contributed by atoms with Crippen molar-refractivity contribution in [3.63, 3.8) is 0 Å². The molecule has 1 rings (SSSR count). The number of carboxylic acid groups (broad SMARTS) is 1. The first-order valence-corrected chi connectivity index (χ1v) is 5.09. The zero-order valence-corrected chi connectivity index (χ0v) is 9.45. The van der Waals surface area contributed by atoms with Gasteiger partial charge in [0.2, 0.25) is 0 Å². The number of hydrogen-bond acceptors (Lipinski definition) is 1. The third kappa shape index (κ3) is 3.40. The van der Waals surface area contributed by atoms with Gasteiger partial charge in [0.05, 0.1) is 5.03 Å². The lowest BCUT2D eigenvalue weighted by atomic mass is 10.0. The van der Waals surface area contributed by atoms with E-state index in [2.05, 4.69) is 13.8 Å². The van der Waals surface area contributed by atoms with Gasteiger partial charge in [0.25, 0.3) is 0 Å². The summed E-state index contributed by atoms with van der Waals surface area (Å²) in [5.41, 5.74) is 1.93. The highest BCUT2D eigenvalue weighted by Gasteiger charge is 2.02. The third-order valence-corrected chi connectivity index (χ3v) is 2.43. The number of halogens is 1. The number of rotatable bonds is 3. The van der Waals surface area contributed by atoms with E-state index in [4.69, 9.17) is 16.7 Å². The Morgan fingerprint density at radius 2 is 1.87 bits per heavy atom. The minimum atomic E-state index is -1.03. The van der Waals surface area contributed by atoms with Gasteiger partial charge in [-0.2, -0.15) is 0 Å². The van der Waals surface area contributed by atoms with E-state index in [1.807, 2.05) is 24.3 Å². The smallest absolute Gasteiger partial charge is 0.329 e. The molecular formula is C12H13ClO2. The lowest BCUT2D eigenvalue weighted by Gasteiger charge is -2.05. The molecular weight excluding hydrogens is 212 g/mol. The number of carbonyl (C=O) groups is 1. The van der Waals surface area contributed by atoms with Gasteiger partial charge in [-0.25, -0.2) is 4.79 Å². The largest absolute Gasteiger partial charge is 0.478 e. The average Bonchev–Trinajstić information content (AvgIpc) is 2.17. The van der Waals surface area contributed by atoms with Crippen molar-refractivity contribution in [2.45, 2.75) is 19.8 Å². The van der Waals surface area contributed by atoms with Crippen molar-refractivity contribution >= 4 is 22.6 Å². The zero-order chi connectivity index (χ0) is 11.4. The van der Waals surface area contributed by atoms with Crippen molar-refractivity contribution in [2.75, 3.05) is 0 Å². The monoisotopic (exact) mass is 224 g/mol. The van der Waals surface area contributed by atoms with Crippen LogP contribution in [0.1, 0.15) is 30.9 Å². The molecule has 0 atom stereocenters. The molecule has 2 nitrogen and oxygen atoms in total. The lowest BCUT2D eigenvalue weighted by Crippen LogP contribution is -1.90. The van der Waals surface area contributed by atoms with E-state index in [0.29, 0.717) is 5.92 Å². The fourth-order valence-electron chi connectivity index (χ4n) is 1.22. The van der Waals surface area contributed by atoms with Crippen molar-refractivity contribution in [3.05, 3.63) is 41.5 Å². The highest BCUT2D eigenvalue weighted by Crippen LogP contribution is 2.21. The minimum Gasteiger partial charge on any atom is -0.478 e. The molecule has 0 bridgehead atoms. The summed E-state index contributed by atoms with van der Waals surface area (Å²) in [5.74, 6) is -0.575. The summed E-state index contributed by atoms with van der Waals surface area (Å²) >= 11 is 5.81. The molecule has 0 radical (unpaired) electrons. The van der Waals surface area contributed by atoms with E-state index in [9.17, 15) is 4.79 Å². The molecule has 0 saturated carbocycles. The van der Waals surface area contributed by atoms with Crippen LogP contribution >= 0.6 is 11.6 Å². The van der Waals surface area contributed by atoms with Crippen LogP contribution in [0.5, 0.6) is 0 Å². The predicted molar refractivity (Wildman–Crippen MR) is 62.0 cm³/mol. The second kappa shape index (κ2) is 4.99. The van der Waals surface area contributed by atoms with Gasteiger partial charge in [-0.05, 0) is 17.0 Å². The van der Waals surface area contributed by atoms with Gasteiger partial charge < -0.3 is 5.11 Å². The highest BCUT2D eigenvalue weighted by molar-refractivity contribution is 6.50. The van der Waals surface area contributed by atoms with Crippen LogP contribution in [0.2, 0.25) is 0 Å². The van der Waals surface area contributed by atoms with E-state index >= 15 is 0 Å². The molecule has 0 fully saturated rings. The maximum atomic E-state index is 10.4. The fraction of sp³-hybridized carbons (Fsp3) is 0.250. The van der Waals surface area contributed by atoms with Crippen molar-refractivity contribution in [1.82, 2.24) is 0 Å². The Balaban J connectivity index is 2.94. The number of carboxylic acids is 1. The molecule has 0 aliphatic rings. The molecule has 3 heteroatoms. The third-order valence-electron chi connectivity index (χ3n) is 2.10. The van der Waals surface area contributed by atoms with Crippen LogP contribution in [-0.4, -0.2) is 11.1 Å². The van der Waals surface area contributed by atoms with Crippen molar-refractivity contribution in [1.29, 1.82) is 0 Å². The van der Waals surface area contributed by atoms with Crippen LogP contribution in [0.3, 0.4) is 0 Å². The molecule has 0 aliphatic carbocycles. The molecule has 80 valence electrons. The highest BCUT2D eigenvalue weighted by atomic mass is 35.5. The second-order valence-corrected chi connectivity index (χ2v) is 4.01. The topological polar surface area (TPSA) is 37.3 Å². The summed E-state index contributed by atoms with van der Waals surface area (Å²) in [7, 11) is 0. The van der Waals surface area contributed by atoms with E-state index in [0.717, 1.165) is 11.6 Å². The van der Waals surface area contributed by atoms with Gasteiger partial charge >= 0.3 is 5.97 Å². The normalized spacial score (nSPS) is 11.9. The number of hydrogen-bond donors (Lipinski definition) is 1. The van der Waals surface area contributed by atoms with Gasteiger partial charge in [0.15, 0.2) is 0 Å². The van der Waals surface area contributed by atoms with E-state index < -0.39 is 5.97 Å². The van der Waals surface area contributed by atoms with Crippen LogP contribution in [0.25, 0.3) is 5.03 Å². The van der Waals surface area contributed by atoms with Crippen molar-refractivity contribution < 1.29 is 9.90 Å². The Bertz CT molecular complexity index is 377. The van der Waals surface area contributed by atoms with Crippen LogP contribution in [0.15, 0.2) is 30.3 Å². The van der Waals surface area contributed by atoms with Gasteiger partial charge in [-0.3, -0.25) is 0 Å². The molecule has 1 aromatic rings. The van der Waals surface area contributed by atoms with Crippen molar-refractivity contribution in [2.24, 2.45) is 0 Å². The summed E-state index contributed by atoms with van der Waals surface area (Å²) in [4.78, 5) is 10.4. The first kappa shape index (κ1) is 11.8. The van der Waals surface area contributed by atoms with Crippen molar-refractivity contribution in [3.8, 4) is 0 Å². The fourth-order valence-corrected chi connectivity index (χ4v) is 1.44. The van der Waals surface area contributed by atoms with E-state index in [1.165, 1.54) is 5.56 Å². The minimum absolute atomic E-state index is 0.248. The van der Waals surface area contributed by atoms with E-state index in [1.54, 1.807) is 0 Å². The molecule has 0 unspecified atom stereocenters. The molecule has 0 aromatic heterocycles. The Morgan fingerprint density at radius 3 is 2.27 bits per heavy atom. The number of aliphatic carboxylic acids is 1. The first-order valence-electron chi connectivity index (χ1n) is 4.71. The maximum Gasteiger partial charge on any atom is 0.329 e. The van der Waals surface area contributed by atoms with Gasteiger partial charge in [-0.15, -0.1) is 0 Å². The second-order valence-electron chi connectivity index (χ2n) is 3.61. The molecule has 0 aliphatic heterocycles. The molecule has 15 heavy (non-hydrogen) atoms. The Labute approximate surface area is 94.2 Å². The van der Waals surface area contributed by atoms with Crippen LogP contribution in [-0.2, 0) is 4.79 Å². The van der Waals surface area contributed by atoms with Gasteiger partial charge in [-0.1, -0.05) is 49.7 Å². The Kier molecular flexibility index (Phi) is 3.92. The summed E-state index contributed by atoms with van der Waals surface area (Å²) in [6.07, 6.45) is 0.992. The summed E-state index contributed by atoms with van der Waals surface area (Å²) < 4.78 is 0. The quantitative estimate of drug-likeness (QED) is 0.799. The van der Waals surface area contributed by atoms with Crippen LogP contribution < -0.4 is 0 Å². The van der Waals surface area contributed by atoms with E-state index in [-0.39, 0.29) is 5.03 Å². The molecule has 1 aromatic carbocycles. The predicted octanol–water partition coefficient (Wildman–Crippen LogP) is 3.47. The molecule has 0 heterocycles. The average molecular weight is 225 g/mol. The molecule has 0 saturated heterocycles. The molecule has 0 amide bonds. The van der Waals surface area contributed by atoms with Gasteiger partial charge in [0, 0.05) is 6.08 Å². The summed E-state index contributed by atoms with van der Waals surface area (Å²) in [6.45, 7) is 4.20. The molecule has 1 N–H and O–H groups in total. The zero-order valence-electron chi connectivity index (χ0n) is 8.70. The lowest BCUT2D eigenvalue weighted by molar-refractivity contribution is -0.131. The van der Waals surface area contributed by atoms with Crippen LogP contribution in [0.4, 0.5) is 0 Å². The first-order chi connectivity index (χ1) is 7.00. The van der Waals surface area contributed by atoms with Gasteiger partial charge in [0.1, 0.15) is 0 Å². The maximum absolute atomic E-state index is 10.4. The van der Waals surface area contributed by atoms with Crippen LogP contribution in [0, 0.1) is 0 Å². The molecule has 0 spiro atoms. The number of benzene rings is 1. The Morgan fingerprint density at radius 1 is 1.33 bits per heavy atom. The summed E-state index contributed by atoms with van der Waals surface area (Å²) in [6, 6.07) is 7.57. The summed E-state index contributed by atoms with van der Waals surface area (Å²) in [5, 5.41) is 8.78. The Hall–Kier alpha value is -1.28.